The predicted octanol–water partition coefficient (Wildman–Crippen LogP) is 2.63. The van der Waals surface area contributed by atoms with Crippen LogP contribution in [0.2, 0.25) is 0 Å². The van der Waals surface area contributed by atoms with Crippen molar-refractivity contribution in [3.8, 4) is 0 Å². The maximum atomic E-state index is 5.57. The van der Waals surface area contributed by atoms with Gasteiger partial charge in [0, 0.05) is 25.7 Å². The van der Waals surface area contributed by atoms with E-state index in [1.54, 1.807) is 0 Å². The molecule has 1 aromatic rings. The van der Waals surface area contributed by atoms with Gasteiger partial charge in [0.25, 0.3) is 0 Å². The van der Waals surface area contributed by atoms with Gasteiger partial charge in [0.05, 0.1) is 22.0 Å². The summed E-state index contributed by atoms with van der Waals surface area (Å²) in [5, 5.41) is 8.08. The summed E-state index contributed by atoms with van der Waals surface area (Å²) < 4.78 is 8.76. The number of aryl methyl sites for hydroxylation is 2. The Morgan fingerprint density at radius 3 is 2.78 bits per heavy atom. The Balaban J connectivity index is 1.84. The molecule has 102 valence electrons. The molecule has 0 unspecified atom stereocenters. The average molecular weight is 316 g/mol. The normalized spacial score (nSPS) is 23.1. The van der Waals surface area contributed by atoms with Crippen LogP contribution < -0.4 is 5.32 Å². The number of nitrogens with one attached hydrogen (secondary N) is 1. The van der Waals surface area contributed by atoms with E-state index in [0.717, 1.165) is 42.7 Å². The third kappa shape index (κ3) is 2.95. The zero-order chi connectivity index (χ0) is 13.1. The molecule has 0 radical (unpaired) electrons. The van der Waals surface area contributed by atoms with Gasteiger partial charge < -0.3 is 10.1 Å². The van der Waals surface area contributed by atoms with Gasteiger partial charge in [-0.2, -0.15) is 5.10 Å². The van der Waals surface area contributed by atoms with Gasteiger partial charge in [0.2, 0.25) is 0 Å². The molecule has 1 saturated carbocycles. The molecule has 4 nitrogen and oxygen atoms in total. The topological polar surface area (TPSA) is 39.1 Å². The first-order valence-electron chi connectivity index (χ1n) is 6.72. The van der Waals surface area contributed by atoms with Crippen LogP contribution in [0.3, 0.4) is 0 Å². The van der Waals surface area contributed by atoms with Gasteiger partial charge in [-0.3, -0.25) is 4.68 Å². The van der Waals surface area contributed by atoms with Crippen molar-refractivity contribution in [3.05, 3.63) is 15.9 Å². The first-order valence-corrected chi connectivity index (χ1v) is 7.51. The lowest BCUT2D eigenvalue weighted by molar-refractivity contribution is -0.0103. The van der Waals surface area contributed by atoms with Crippen molar-refractivity contribution in [1.29, 1.82) is 0 Å². The Kier molecular flexibility index (Phi) is 4.81. The molecule has 1 aliphatic rings. The number of aromatic nitrogens is 2. The fraction of sp³-hybridized carbons (Fsp3) is 0.769. The molecule has 0 saturated heterocycles. The van der Waals surface area contributed by atoms with E-state index in [4.69, 9.17) is 4.74 Å². The number of ether oxygens (including phenoxy) is 1. The van der Waals surface area contributed by atoms with Gasteiger partial charge in [-0.05, 0) is 49.5 Å². The predicted molar refractivity (Wildman–Crippen MR) is 75.6 cm³/mol. The third-order valence-corrected chi connectivity index (χ3v) is 4.54. The van der Waals surface area contributed by atoms with Crippen LogP contribution in [0.15, 0.2) is 4.47 Å². The van der Waals surface area contributed by atoms with Crippen molar-refractivity contribution < 1.29 is 4.74 Å². The lowest BCUT2D eigenvalue weighted by atomic mass is 9.89. The fourth-order valence-corrected chi connectivity index (χ4v) is 2.81. The van der Waals surface area contributed by atoms with Crippen molar-refractivity contribution in [1.82, 2.24) is 15.1 Å². The zero-order valence-electron chi connectivity index (χ0n) is 11.4. The van der Waals surface area contributed by atoms with Crippen molar-refractivity contribution in [3.63, 3.8) is 0 Å². The summed E-state index contributed by atoms with van der Waals surface area (Å²) in [5.74, 6) is 0. The van der Waals surface area contributed by atoms with Crippen LogP contribution in [-0.4, -0.2) is 28.5 Å². The van der Waals surface area contributed by atoms with E-state index in [0.29, 0.717) is 12.1 Å². The Morgan fingerprint density at radius 1 is 1.44 bits per heavy atom. The zero-order valence-corrected chi connectivity index (χ0v) is 13.0. The molecule has 2 rings (SSSR count). The summed E-state index contributed by atoms with van der Waals surface area (Å²) in [6, 6.07) is 0.592. The third-order valence-electron chi connectivity index (χ3n) is 3.51. The first kappa shape index (κ1) is 14.0. The maximum Gasteiger partial charge on any atom is 0.0739 e. The van der Waals surface area contributed by atoms with E-state index < -0.39 is 0 Å². The highest BCUT2D eigenvalue weighted by Gasteiger charge is 2.29. The van der Waals surface area contributed by atoms with E-state index in [2.05, 4.69) is 44.9 Å². The molecule has 0 bridgehead atoms. The Morgan fingerprint density at radius 2 is 2.17 bits per heavy atom. The standard InChI is InChI=1S/C13H22BrN3O/c1-4-17-12(13(14)9(3)16-17)8-15-10-6-11(7-10)18-5-2/h10-11,15H,4-8H2,1-3H3. The fourth-order valence-electron chi connectivity index (χ4n) is 2.38. The van der Waals surface area contributed by atoms with Crippen LogP contribution in [0.1, 0.15) is 38.1 Å². The van der Waals surface area contributed by atoms with E-state index in [-0.39, 0.29) is 0 Å². The van der Waals surface area contributed by atoms with Crippen LogP contribution >= 0.6 is 15.9 Å². The van der Waals surface area contributed by atoms with Crippen molar-refractivity contribution >= 4 is 15.9 Å². The van der Waals surface area contributed by atoms with E-state index in [1.165, 1.54) is 5.69 Å². The lowest BCUT2D eigenvalue weighted by Gasteiger charge is -2.35. The van der Waals surface area contributed by atoms with E-state index >= 15 is 0 Å². The molecule has 1 fully saturated rings. The molecule has 1 N–H and O–H groups in total. The van der Waals surface area contributed by atoms with E-state index in [1.807, 2.05) is 6.92 Å². The molecule has 0 amide bonds. The number of hydrogen-bond donors (Lipinski definition) is 1. The number of hydrogen-bond acceptors (Lipinski definition) is 3. The molecule has 0 spiro atoms. The number of halogens is 1. The summed E-state index contributed by atoms with van der Waals surface area (Å²) in [5.41, 5.74) is 2.31. The monoisotopic (exact) mass is 315 g/mol. The Bertz CT molecular complexity index is 399. The van der Waals surface area contributed by atoms with Crippen LogP contribution in [0.5, 0.6) is 0 Å². The van der Waals surface area contributed by atoms with Crippen LogP contribution in [0.25, 0.3) is 0 Å². The SMILES string of the molecule is CCOC1CC(NCc2c(Br)c(C)nn2CC)C1. The second-order valence-corrected chi connectivity index (χ2v) is 5.58. The molecule has 0 aliphatic heterocycles. The second kappa shape index (κ2) is 6.17. The van der Waals surface area contributed by atoms with Gasteiger partial charge in [0.1, 0.15) is 0 Å². The van der Waals surface area contributed by atoms with Gasteiger partial charge in [0.15, 0.2) is 0 Å². The smallest absolute Gasteiger partial charge is 0.0739 e. The summed E-state index contributed by atoms with van der Waals surface area (Å²) >= 11 is 3.62. The summed E-state index contributed by atoms with van der Waals surface area (Å²) in [7, 11) is 0. The van der Waals surface area contributed by atoms with Crippen LogP contribution in [0.4, 0.5) is 0 Å². The molecule has 1 aromatic heterocycles. The minimum absolute atomic E-state index is 0.466. The Hall–Kier alpha value is -0.390. The Labute approximate surface area is 117 Å². The highest BCUT2D eigenvalue weighted by atomic mass is 79.9. The van der Waals surface area contributed by atoms with Crippen LogP contribution in [0, 0.1) is 6.92 Å². The quantitative estimate of drug-likeness (QED) is 0.877. The van der Waals surface area contributed by atoms with Gasteiger partial charge in [-0.15, -0.1) is 0 Å². The minimum atomic E-state index is 0.466. The molecule has 0 atom stereocenters. The number of nitrogens with zero attached hydrogens (tertiary/aromatic N) is 2. The van der Waals surface area contributed by atoms with Crippen molar-refractivity contribution in [2.75, 3.05) is 6.61 Å². The minimum Gasteiger partial charge on any atom is -0.378 e. The summed E-state index contributed by atoms with van der Waals surface area (Å²) in [6.45, 7) is 8.82. The molecular formula is C13H22BrN3O. The van der Waals surface area contributed by atoms with Gasteiger partial charge in [-0.25, -0.2) is 0 Å². The average Bonchev–Trinajstić information content (AvgIpc) is 2.58. The molecular weight excluding hydrogens is 294 g/mol. The van der Waals surface area contributed by atoms with Crippen molar-refractivity contribution in [2.45, 2.75) is 58.8 Å². The van der Waals surface area contributed by atoms with Crippen molar-refractivity contribution in [2.24, 2.45) is 0 Å². The molecule has 1 heterocycles. The lowest BCUT2D eigenvalue weighted by Crippen LogP contribution is -2.45. The number of rotatable bonds is 6. The summed E-state index contributed by atoms with van der Waals surface area (Å²) in [4.78, 5) is 0. The maximum absolute atomic E-state index is 5.57. The first-order chi connectivity index (χ1) is 8.65. The largest absolute Gasteiger partial charge is 0.378 e. The second-order valence-electron chi connectivity index (χ2n) is 4.79. The van der Waals surface area contributed by atoms with Gasteiger partial charge in [-0.1, -0.05) is 0 Å². The molecule has 1 aliphatic carbocycles. The van der Waals surface area contributed by atoms with E-state index in [9.17, 15) is 0 Å². The van der Waals surface area contributed by atoms with Crippen LogP contribution in [-0.2, 0) is 17.8 Å². The molecule has 5 heteroatoms. The highest BCUT2D eigenvalue weighted by Crippen LogP contribution is 2.25. The highest BCUT2D eigenvalue weighted by molar-refractivity contribution is 9.10. The van der Waals surface area contributed by atoms with Gasteiger partial charge >= 0.3 is 0 Å². The molecule has 18 heavy (non-hydrogen) atoms. The molecule has 0 aromatic carbocycles. The summed E-state index contributed by atoms with van der Waals surface area (Å²) in [6.07, 6.45) is 2.73.